The molecule has 120 valence electrons. The van der Waals surface area contributed by atoms with Gasteiger partial charge in [-0.05, 0) is 24.3 Å². The molecule has 0 heterocycles. The molecule has 0 saturated carbocycles. The van der Waals surface area contributed by atoms with Crippen LogP contribution >= 0.6 is 23.2 Å². The summed E-state index contributed by atoms with van der Waals surface area (Å²) in [6, 6.07) is 9.22. The second-order valence-electron chi connectivity index (χ2n) is 4.35. The van der Waals surface area contributed by atoms with E-state index in [9.17, 15) is 14.0 Å². The number of halogens is 3. The number of carbonyl (C=O) groups excluding carboxylic acids is 2. The first-order valence-electron chi connectivity index (χ1n) is 6.39. The van der Waals surface area contributed by atoms with Gasteiger partial charge in [-0.3, -0.25) is 10.1 Å². The smallest absolute Gasteiger partial charge is 0.326 e. The Bertz CT molecular complexity index is 740. The highest BCUT2D eigenvalue weighted by Gasteiger charge is 2.11. The van der Waals surface area contributed by atoms with E-state index in [4.69, 9.17) is 27.9 Å². The van der Waals surface area contributed by atoms with Crippen molar-refractivity contribution in [3.05, 3.63) is 58.3 Å². The predicted molar refractivity (Wildman–Crippen MR) is 85.5 cm³/mol. The van der Waals surface area contributed by atoms with Crippen molar-refractivity contribution in [2.45, 2.75) is 0 Å². The highest BCUT2D eigenvalue weighted by Crippen LogP contribution is 2.27. The molecular formula is C15H11Cl2FN2O3. The van der Waals surface area contributed by atoms with E-state index in [-0.39, 0.29) is 16.5 Å². The lowest BCUT2D eigenvalue weighted by atomic mass is 10.3. The van der Waals surface area contributed by atoms with Crippen LogP contribution in [-0.2, 0) is 4.79 Å². The van der Waals surface area contributed by atoms with E-state index in [1.807, 2.05) is 5.32 Å². The molecule has 0 saturated heterocycles. The number of imide groups is 1. The van der Waals surface area contributed by atoms with Crippen LogP contribution in [0.2, 0.25) is 10.0 Å². The number of carbonyl (C=O) groups is 2. The van der Waals surface area contributed by atoms with Crippen molar-refractivity contribution in [2.75, 3.05) is 11.9 Å². The van der Waals surface area contributed by atoms with Crippen LogP contribution in [0.15, 0.2) is 42.5 Å². The topological polar surface area (TPSA) is 67.4 Å². The van der Waals surface area contributed by atoms with Gasteiger partial charge in [0.15, 0.2) is 6.61 Å². The third-order valence-corrected chi connectivity index (χ3v) is 3.17. The maximum Gasteiger partial charge on any atom is 0.326 e. The number of urea groups is 1. The largest absolute Gasteiger partial charge is 0.482 e. The van der Waals surface area contributed by atoms with Crippen molar-refractivity contribution < 1.29 is 18.7 Å². The average molecular weight is 357 g/mol. The quantitative estimate of drug-likeness (QED) is 0.873. The highest BCUT2D eigenvalue weighted by molar-refractivity contribution is 6.34. The molecular weight excluding hydrogens is 346 g/mol. The van der Waals surface area contributed by atoms with E-state index in [0.717, 1.165) is 0 Å². The van der Waals surface area contributed by atoms with Gasteiger partial charge in [0.05, 0.1) is 10.7 Å². The SMILES string of the molecule is O=C(COc1cc(Cl)ccc1Cl)NC(=O)Nc1ccccc1F. The number of benzene rings is 2. The van der Waals surface area contributed by atoms with Crippen molar-refractivity contribution in [1.82, 2.24) is 5.32 Å². The molecule has 0 atom stereocenters. The minimum absolute atomic E-state index is 0.0448. The lowest BCUT2D eigenvalue weighted by Crippen LogP contribution is -2.37. The average Bonchev–Trinajstić information content (AvgIpc) is 2.50. The molecule has 0 radical (unpaired) electrons. The lowest BCUT2D eigenvalue weighted by molar-refractivity contribution is -0.121. The zero-order chi connectivity index (χ0) is 16.8. The number of para-hydroxylation sites is 1. The molecule has 2 N–H and O–H groups in total. The number of amides is 3. The van der Waals surface area contributed by atoms with Crippen molar-refractivity contribution in [2.24, 2.45) is 0 Å². The summed E-state index contributed by atoms with van der Waals surface area (Å²) < 4.78 is 18.5. The van der Waals surface area contributed by atoms with Crippen LogP contribution < -0.4 is 15.4 Å². The first-order valence-corrected chi connectivity index (χ1v) is 7.14. The number of rotatable bonds is 4. The molecule has 0 aromatic heterocycles. The van der Waals surface area contributed by atoms with Gasteiger partial charge < -0.3 is 10.1 Å². The van der Waals surface area contributed by atoms with Crippen molar-refractivity contribution in [1.29, 1.82) is 0 Å². The molecule has 5 nitrogen and oxygen atoms in total. The molecule has 2 aromatic carbocycles. The summed E-state index contributed by atoms with van der Waals surface area (Å²) in [7, 11) is 0. The van der Waals surface area contributed by atoms with E-state index >= 15 is 0 Å². The molecule has 3 amide bonds. The third-order valence-electron chi connectivity index (χ3n) is 2.63. The normalized spacial score (nSPS) is 10.0. The van der Waals surface area contributed by atoms with Gasteiger partial charge in [-0.1, -0.05) is 35.3 Å². The van der Waals surface area contributed by atoms with Crippen LogP contribution in [0.4, 0.5) is 14.9 Å². The summed E-state index contributed by atoms with van der Waals surface area (Å²) in [5.41, 5.74) is -0.0448. The fraction of sp³-hybridized carbons (Fsp3) is 0.0667. The van der Waals surface area contributed by atoms with Crippen LogP contribution in [-0.4, -0.2) is 18.5 Å². The molecule has 2 aromatic rings. The first-order chi connectivity index (χ1) is 11.0. The van der Waals surface area contributed by atoms with Crippen molar-refractivity contribution in [3.63, 3.8) is 0 Å². The third kappa shape index (κ3) is 5.12. The van der Waals surface area contributed by atoms with Crippen LogP contribution in [0.25, 0.3) is 0 Å². The summed E-state index contributed by atoms with van der Waals surface area (Å²) in [6.45, 7) is -0.454. The summed E-state index contributed by atoms with van der Waals surface area (Å²) in [5.74, 6) is -1.13. The van der Waals surface area contributed by atoms with Gasteiger partial charge in [-0.2, -0.15) is 0 Å². The van der Waals surface area contributed by atoms with Gasteiger partial charge in [0.1, 0.15) is 11.6 Å². The molecule has 0 spiro atoms. The molecule has 8 heteroatoms. The summed E-state index contributed by atoms with van der Waals surface area (Å²) in [6.07, 6.45) is 0. The fourth-order valence-corrected chi connectivity index (χ4v) is 1.94. The van der Waals surface area contributed by atoms with Crippen LogP contribution in [0.1, 0.15) is 0 Å². The first kappa shape index (κ1) is 17.1. The van der Waals surface area contributed by atoms with E-state index in [0.29, 0.717) is 5.02 Å². The number of anilines is 1. The second kappa shape index (κ2) is 7.80. The van der Waals surface area contributed by atoms with Gasteiger partial charge in [-0.15, -0.1) is 0 Å². The summed E-state index contributed by atoms with van der Waals surface area (Å²) in [5, 5.41) is 4.88. The van der Waals surface area contributed by atoms with E-state index in [2.05, 4.69) is 5.32 Å². The molecule has 0 unspecified atom stereocenters. The zero-order valence-corrected chi connectivity index (χ0v) is 13.1. The number of ether oxygens (including phenoxy) is 1. The minimum atomic E-state index is -0.874. The molecule has 2 rings (SSSR count). The van der Waals surface area contributed by atoms with Crippen molar-refractivity contribution >= 4 is 40.8 Å². The molecule has 0 aliphatic heterocycles. The Kier molecular flexibility index (Phi) is 5.78. The highest BCUT2D eigenvalue weighted by atomic mass is 35.5. The van der Waals surface area contributed by atoms with Gasteiger partial charge in [0.25, 0.3) is 5.91 Å². The second-order valence-corrected chi connectivity index (χ2v) is 5.19. The van der Waals surface area contributed by atoms with Gasteiger partial charge >= 0.3 is 6.03 Å². The molecule has 0 bridgehead atoms. The van der Waals surface area contributed by atoms with E-state index in [1.165, 1.54) is 30.3 Å². The van der Waals surface area contributed by atoms with Gasteiger partial charge in [0.2, 0.25) is 0 Å². The lowest BCUT2D eigenvalue weighted by Gasteiger charge is -2.09. The summed E-state index contributed by atoms with van der Waals surface area (Å²) >= 11 is 11.7. The zero-order valence-electron chi connectivity index (χ0n) is 11.6. The Morgan fingerprint density at radius 3 is 2.61 bits per heavy atom. The minimum Gasteiger partial charge on any atom is -0.482 e. The van der Waals surface area contributed by atoms with Crippen molar-refractivity contribution in [3.8, 4) is 5.75 Å². The Balaban J connectivity index is 1.86. The number of hydrogen-bond acceptors (Lipinski definition) is 3. The van der Waals surface area contributed by atoms with E-state index in [1.54, 1.807) is 12.1 Å². The Hall–Kier alpha value is -2.31. The Labute approximate surface area is 141 Å². The number of hydrogen-bond donors (Lipinski definition) is 2. The maximum atomic E-state index is 13.4. The fourth-order valence-electron chi connectivity index (χ4n) is 1.61. The van der Waals surface area contributed by atoms with E-state index < -0.39 is 24.4 Å². The Morgan fingerprint density at radius 2 is 1.87 bits per heavy atom. The standard InChI is InChI=1S/C15H11Cl2FN2O3/c16-9-5-6-10(17)13(7-9)23-8-14(21)20-15(22)19-12-4-2-1-3-11(12)18/h1-7H,8H2,(H2,19,20,21,22). The molecule has 23 heavy (non-hydrogen) atoms. The van der Waals surface area contributed by atoms with Gasteiger partial charge in [0, 0.05) is 11.1 Å². The molecule has 0 aliphatic rings. The van der Waals surface area contributed by atoms with Gasteiger partial charge in [-0.25, -0.2) is 9.18 Å². The Morgan fingerprint density at radius 1 is 1.13 bits per heavy atom. The maximum absolute atomic E-state index is 13.4. The molecule has 0 fully saturated rings. The van der Waals surface area contributed by atoms with Crippen LogP contribution in [0.5, 0.6) is 5.75 Å². The predicted octanol–water partition coefficient (Wildman–Crippen LogP) is 3.86. The number of nitrogens with one attached hydrogen (secondary N) is 2. The molecule has 0 aliphatic carbocycles. The summed E-state index contributed by atoms with van der Waals surface area (Å²) in [4.78, 5) is 23.2. The van der Waals surface area contributed by atoms with Crippen LogP contribution in [0, 0.1) is 5.82 Å². The van der Waals surface area contributed by atoms with Crippen LogP contribution in [0.3, 0.4) is 0 Å². The monoisotopic (exact) mass is 356 g/mol.